The summed E-state index contributed by atoms with van der Waals surface area (Å²) in [6, 6.07) is 69.2. The smallest absolute Gasteiger partial charge is 0.160 e. The summed E-state index contributed by atoms with van der Waals surface area (Å²) in [6.45, 7) is 2.29. The molecule has 10 aromatic carbocycles. The lowest BCUT2D eigenvalue weighted by molar-refractivity contribution is 0.668. The van der Waals surface area contributed by atoms with Crippen molar-refractivity contribution in [3.8, 4) is 5.69 Å². The number of rotatable bonds is 4. The minimum atomic E-state index is 0.00240. The van der Waals surface area contributed by atoms with Crippen LogP contribution in [0.15, 0.2) is 219 Å². The van der Waals surface area contributed by atoms with Crippen LogP contribution >= 0.6 is 0 Å². The zero-order chi connectivity index (χ0) is 43.5. The first-order valence-electron chi connectivity index (χ1n) is 22.7. The minimum Gasteiger partial charge on any atom is -0.456 e. The van der Waals surface area contributed by atoms with Gasteiger partial charge in [0.25, 0.3) is 0 Å². The summed E-state index contributed by atoms with van der Waals surface area (Å²) in [5.74, 6) is 0.645. The third-order valence-electron chi connectivity index (χ3n) is 13.8. The Bertz CT molecular complexity index is 4290. The van der Waals surface area contributed by atoms with Crippen molar-refractivity contribution in [3.63, 3.8) is 0 Å². The Morgan fingerprint density at radius 3 is 1.91 bits per heavy atom. The molecule has 14 rings (SSSR count). The summed E-state index contributed by atoms with van der Waals surface area (Å²) in [5.41, 5.74) is 11.5. The summed E-state index contributed by atoms with van der Waals surface area (Å²) in [6.07, 6.45) is 3.03. The van der Waals surface area contributed by atoms with E-state index in [0.717, 1.165) is 95.1 Å². The van der Waals surface area contributed by atoms with Crippen LogP contribution < -0.4 is 0 Å². The zero-order valence-electron chi connectivity index (χ0n) is 36.0. The molecule has 1 atom stereocenters. The van der Waals surface area contributed by atoms with Crippen LogP contribution in [0.2, 0.25) is 0 Å². The average Bonchev–Trinajstić information content (AvgIpc) is 4.03. The number of benzene rings is 10. The molecule has 1 aliphatic heterocycles. The molecule has 0 bridgehead atoms. The quantitative estimate of drug-likeness (QED) is 0.177. The molecule has 0 radical (unpaired) electrons. The number of hydrogen-bond donors (Lipinski definition) is 0. The summed E-state index contributed by atoms with van der Waals surface area (Å²) in [4.78, 5) is 11.3. The molecule has 0 fully saturated rings. The number of aliphatic imine (C=N–C) groups is 2. The zero-order valence-corrected chi connectivity index (χ0v) is 36.0. The van der Waals surface area contributed by atoms with Crippen LogP contribution in [0, 0.1) is 5.92 Å². The molecule has 3 aromatic heterocycles. The van der Waals surface area contributed by atoms with Gasteiger partial charge in [-0.2, -0.15) is 0 Å². The maximum absolute atomic E-state index is 6.86. The lowest BCUT2D eigenvalue weighted by Crippen LogP contribution is -2.18. The summed E-state index contributed by atoms with van der Waals surface area (Å²) in [5, 5.41) is 13.9. The molecule has 0 aliphatic carbocycles. The van der Waals surface area contributed by atoms with Gasteiger partial charge in [-0.25, -0.2) is 9.98 Å². The second-order valence-corrected chi connectivity index (χ2v) is 17.7. The van der Waals surface area contributed by atoms with Gasteiger partial charge >= 0.3 is 0 Å². The summed E-state index contributed by atoms with van der Waals surface area (Å²) >= 11 is 0. The molecular weight excluding hydrogens is 807 g/mol. The van der Waals surface area contributed by atoms with Crippen molar-refractivity contribution >= 4 is 115 Å². The molecule has 310 valence electrons. The highest BCUT2D eigenvalue weighted by Gasteiger charge is 2.26. The number of amidine groups is 1. The van der Waals surface area contributed by atoms with Crippen LogP contribution in [0.3, 0.4) is 0 Å². The van der Waals surface area contributed by atoms with Gasteiger partial charge in [0, 0.05) is 61.0 Å². The van der Waals surface area contributed by atoms with Gasteiger partial charge in [0.2, 0.25) is 0 Å². The molecule has 0 amide bonds. The maximum Gasteiger partial charge on any atom is 0.160 e. The first-order chi connectivity index (χ1) is 32.6. The average molecular weight is 846 g/mol. The van der Waals surface area contributed by atoms with Crippen molar-refractivity contribution in [1.29, 1.82) is 0 Å². The minimum absolute atomic E-state index is 0.00240. The monoisotopic (exact) mass is 845 g/mol. The Morgan fingerprint density at radius 2 is 1.08 bits per heavy atom. The highest BCUT2D eigenvalue weighted by Crippen LogP contribution is 2.42. The number of allylic oxidation sites excluding steroid dienone is 1. The fourth-order valence-corrected chi connectivity index (χ4v) is 10.6. The highest BCUT2D eigenvalue weighted by molar-refractivity contribution is 6.26. The highest BCUT2D eigenvalue weighted by atomic mass is 16.3. The normalized spacial score (nSPS) is 17.2. The number of aromatic nitrogens is 1. The molecule has 0 spiro atoms. The van der Waals surface area contributed by atoms with E-state index in [-0.39, 0.29) is 5.92 Å². The van der Waals surface area contributed by atoms with E-state index >= 15 is 0 Å². The standard InChI is InChI=1S/C61H39N3O2/c1-36-22-27-51(42-24-23-37-12-2-3-14-39(37)30-42)62-61(43-26-29-56-48(32-43)46-18-8-10-20-54(46)65-56)63-60(36)50-34-44(35-57-59(50)47-19-9-11-21-55(47)66-57)64-52-28-25-38-13-6-7-17-45(38)58(52)49-31-40-15-4-5-16-41(40)33-53(49)64/h2-21,23-36H,22H2,1H3/b51-27+,62-61-,63-60+. The first-order valence-corrected chi connectivity index (χ1v) is 22.7. The lowest BCUT2D eigenvalue weighted by Gasteiger charge is -2.20. The predicted octanol–water partition coefficient (Wildman–Crippen LogP) is 16.4. The fraction of sp³-hybridized carbons (Fsp3) is 0.0492. The van der Waals surface area contributed by atoms with E-state index in [1.165, 1.54) is 43.1 Å². The Kier molecular flexibility index (Phi) is 7.96. The van der Waals surface area contributed by atoms with Gasteiger partial charge in [-0.05, 0) is 99.4 Å². The van der Waals surface area contributed by atoms with E-state index in [4.69, 9.17) is 18.8 Å². The van der Waals surface area contributed by atoms with Crippen molar-refractivity contribution in [2.45, 2.75) is 13.3 Å². The molecule has 0 saturated heterocycles. The number of fused-ring (bicyclic) bond motifs is 13. The van der Waals surface area contributed by atoms with Crippen molar-refractivity contribution in [1.82, 2.24) is 4.57 Å². The largest absolute Gasteiger partial charge is 0.456 e. The van der Waals surface area contributed by atoms with E-state index in [2.05, 4.69) is 193 Å². The lowest BCUT2D eigenvalue weighted by atomic mass is 9.90. The van der Waals surface area contributed by atoms with Crippen LogP contribution in [0.1, 0.15) is 30.0 Å². The molecule has 0 N–H and O–H groups in total. The van der Waals surface area contributed by atoms with Crippen LogP contribution in [0.4, 0.5) is 0 Å². The Balaban J connectivity index is 1.06. The number of furan rings is 2. The second-order valence-electron chi connectivity index (χ2n) is 17.7. The third kappa shape index (κ3) is 5.66. The molecule has 4 heterocycles. The predicted molar refractivity (Wildman–Crippen MR) is 276 cm³/mol. The van der Waals surface area contributed by atoms with Crippen LogP contribution in [-0.2, 0) is 0 Å². The molecular formula is C61H39N3O2. The van der Waals surface area contributed by atoms with Crippen LogP contribution in [-0.4, -0.2) is 16.1 Å². The molecule has 0 saturated carbocycles. The van der Waals surface area contributed by atoms with E-state index < -0.39 is 0 Å². The molecule has 1 unspecified atom stereocenters. The maximum atomic E-state index is 6.86. The van der Waals surface area contributed by atoms with Gasteiger partial charge in [-0.15, -0.1) is 0 Å². The first kappa shape index (κ1) is 36.9. The van der Waals surface area contributed by atoms with Crippen molar-refractivity contribution < 1.29 is 8.83 Å². The van der Waals surface area contributed by atoms with E-state index in [9.17, 15) is 0 Å². The van der Waals surface area contributed by atoms with Gasteiger partial charge in [-0.3, -0.25) is 0 Å². The molecule has 1 aliphatic rings. The number of hydrogen-bond acceptors (Lipinski definition) is 4. The summed E-state index contributed by atoms with van der Waals surface area (Å²) in [7, 11) is 0. The molecule has 13 aromatic rings. The molecule has 66 heavy (non-hydrogen) atoms. The van der Waals surface area contributed by atoms with Crippen LogP contribution in [0.25, 0.3) is 109 Å². The van der Waals surface area contributed by atoms with Crippen LogP contribution in [0.5, 0.6) is 0 Å². The van der Waals surface area contributed by atoms with E-state index in [1.54, 1.807) is 0 Å². The number of para-hydroxylation sites is 2. The van der Waals surface area contributed by atoms with Gasteiger partial charge in [0.15, 0.2) is 5.84 Å². The van der Waals surface area contributed by atoms with Gasteiger partial charge < -0.3 is 13.4 Å². The molecule has 5 nitrogen and oxygen atoms in total. The van der Waals surface area contributed by atoms with Gasteiger partial charge in [0.05, 0.1) is 28.1 Å². The van der Waals surface area contributed by atoms with Crippen molar-refractivity contribution in [2.75, 3.05) is 0 Å². The van der Waals surface area contributed by atoms with Gasteiger partial charge in [0.1, 0.15) is 22.3 Å². The topological polar surface area (TPSA) is 55.9 Å². The van der Waals surface area contributed by atoms with E-state index in [1.807, 2.05) is 18.2 Å². The Morgan fingerprint density at radius 1 is 0.439 bits per heavy atom. The number of nitrogens with zero attached hydrogens (tertiary/aromatic N) is 3. The van der Waals surface area contributed by atoms with E-state index in [0.29, 0.717) is 5.84 Å². The SMILES string of the molecule is CC1C/C=C(c2ccc3ccccc3c2)/N=C(c2ccc3oc4ccccc4c3c2)\N=C/1c1cc(-n2c3cc4ccccc4cc3c3c4ccccc4ccc32)cc2oc3ccccc3c12. The Labute approximate surface area is 378 Å². The fourth-order valence-electron chi connectivity index (χ4n) is 10.6. The summed E-state index contributed by atoms with van der Waals surface area (Å²) < 4.78 is 15.6. The Hall–Kier alpha value is -8.54. The third-order valence-corrected chi connectivity index (χ3v) is 13.8. The van der Waals surface area contributed by atoms with Crippen molar-refractivity contribution in [2.24, 2.45) is 15.9 Å². The van der Waals surface area contributed by atoms with Crippen molar-refractivity contribution in [3.05, 3.63) is 217 Å². The van der Waals surface area contributed by atoms with Gasteiger partial charge in [-0.1, -0.05) is 140 Å². The second kappa shape index (κ2) is 14.2. The molecule has 5 heteroatoms.